The molecular formula is C29H31N3. The van der Waals surface area contributed by atoms with Gasteiger partial charge >= 0.3 is 0 Å². The SMILES string of the molecule is Cc1cccc(C)c1N=Cc1ccc(C(Cc2ccccc2)Nc2c(C)cccc2C)[nH]1. The second kappa shape index (κ2) is 9.69. The third-order valence-electron chi connectivity index (χ3n) is 5.96. The Morgan fingerprint density at radius 1 is 0.750 bits per heavy atom. The van der Waals surface area contributed by atoms with Gasteiger partial charge in [-0.15, -0.1) is 0 Å². The van der Waals surface area contributed by atoms with Crippen LogP contribution in [0.4, 0.5) is 11.4 Å². The number of anilines is 1. The molecule has 0 aliphatic heterocycles. The highest BCUT2D eigenvalue weighted by molar-refractivity contribution is 5.81. The van der Waals surface area contributed by atoms with Gasteiger partial charge in [-0.25, -0.2) is 0 Å². The molecule has 0 saturated carbocycles. The molecule has 0 spiro atoms. The van der Waals surface area contributed by atoms with Gasteiger partial charge in [-0.1, -0.05) is 66.7 Å². The third-order valence-corrected chi connectivity index (χ3v) is 5.96. The number of hydrogen-bond acceptors (Lipinski definition) is 2. The summed E-state index contributed by atoms with van der Waals surface area (Å²) in [7, 11) is 0. The van der Waals surface area contributed by atoms with E-state index in [1.165, 1.54) is 33.5 Å². The zero-order valence-corrected chi connectivity index (χ0v) is 19.3. The fraction of sp³-hybridized carbons (Fsp3) is 0.207. The van der Waals surface area contributed by atoms with E-state index >= 15 is 0 Å². The molecule has 1 unspecified atom stereocenters. The van der Waals surface area contributed by atoms with E-state index < -0.39 is 0 Å². The monoisotopic (exact) mass is 421 g/mol. The second-order valence-corrected chi connectivity index (χ2v) is 8.52. The molecule has 3 aromatic carbocycles. The van der Waals surface area contributed by atoms with Crippen LogP contribution in [0, 0.1) is 27.7 Å². The van der Waals surface area contributed by atoms with Gasteiger partial charge < -0.3 is 10.3 Å². The minimum atomic E-state index is 0.125. The highest BCUT2D eigenvalue weighted by Gasteiger charge is 2.16. The van der Waals surface area contributed by atoms with Crippen molar-refractivity contribution in [2.45, 2.75) is 40.2 Å². The number of benzene rings is 3. The van der Waals surface area contributed by atoms with Crippen molar-refractivity contribution >= 4 is 17.6 Å². The molecule has 0 amide bonds. The zero-order chi connectivity index (χ0) is 22.5. The molecule has 4 aromatic rings. The molecule has 162 valence electrons. The third kappa shape index (κ3) is 5.00. The predicted octanol–water partition coefficient (Wildman–Crippen LogP) is 7.39. The minimum absolute atomic E-state index is 0.125. The number of para-hydroxylation sites is 2. The molecule has 32 heavy (non-hydrogen) atoms. The molecule has 0 aliphatic carbocycles. The van der Waals surface area contributed by atoms with Gasteiger partial charge in [-0.2, -0.15) is 0 Å². The molecular weight excluding hydrogens is 390 g/mol. The van der Waals surface area contributed by atoms with Gasteiger partial charge in [0.05, 0.1) is 23.6 Å². The van der Waals surface area contributed by atoms with Crippen LogP contribution in [0.2, 0.25) is 0 Å². The number of rotatable bonds is 7. The van der Waals surface area contributed by atoms with E-state index in [4.69, 9.17) is 4.99 Å². The molecule has 1 heterocycles. The number of aromatic amines is 1. The first-order chi connectivity index (χ1) is 15.5. The molecule has 0 saturated heterocycles. The molecule has 0 fully saturated rings. The van der Waals surface area contributed by atoms with Crippen LogP contribution in [0.25, 0.3) is 0 Å². The first-order valence-electron chi connectivity index (χ1n) is 11.2. The Morgan fingerprint density at radius 3 is 2.03 bits per heavy atom. The number of H-pyrrole nitrogens is 1. The standard InChI is InChI=1S/C29H31N3/c1-20-10-8-11-21(2)28(20)30-19-25-16-17-26(31-25)27(18-24-14-6-5-7-15-24)32-29-22(3)12-9-13-23(29)4/h5-17,19,27,31-32H,18H2,1-4H3. The van der Waals surface area contributed by atoms with Gasteiger partial charge in [0, 0.05) is 11.4 Å². The minimum Gasteiger partial charge on any atom is -0.376 e. The molecule has 1 atom stereocenters. The number of nitrogens with zero attached hydrogens (tertiary/aromatic N) is 1. The number of hydrogen-bond donors (Lipinski definition) is 2. The Morgan fingerprint density at radius 2 is 1.38 bits per heavy atom. The zero-order valence-electron chi connectivity index (χ0n) is 19.3. The summed E-state index contributed by atoms with van der Waals surface area (Å²) in [6.45, 7) is 8.52. The van der Waals surface area contributed by atoms with Crippen LogP contribution in [-0.2, 0) is 6.42 Å². The summed E-state index contributed by atoms with van der Waals surface area (Å²) in [5, 5.41) is 3.81. The van der Waals surface area contributed by atoms with Gasteiger partial charge in [0.1, 0.15) is 0 Å². The number of aromatic nitrogens is 1. The van der Waals surface area contributed by atoms with Gasteiger partial charge in [-0.3, -0.25) is 4.99 Å². The largest absolute Gasteiger partial charge is 0.376 e. The topological polar surface area (TPSA) is 40.2 Å². The van der Waals surface area contributed by atoms with Crippen LogP contribution in [0.1, 0.15) is 45.2 Å². The van der Waals surface area contributed by atoms with E-state index in [-0.39, 0.29) is 6.04 Å². The van der Waals surface area contributed by atoms with Crippen LogP contribution >= 0.6 is 0 Å². The first-order valence-corrected chi connectivity index (χ1v) is 11.2. The summed E-state index contributed by atoms with van der Waals surface area (Å²) in [5.41, 5.74) is 10.6. The van der Waals surface area contributed by atoms with Crippen molar-refractivity contribution in [1.29, 1.82) is 0 Å². The number of nitrogens with one attached hydrogen (secondary N) is 2. The summed E-state index contributed by atoms with van der Waals surface area (Å²) < 4.78 is 0. The summed E-state index contributed by atoms with van der Waals surface area (Å²) in [6.07, 6.45) is 2.82. The van der Waals surface area contributed by atoms with Crippen molar-refractivity contribution in [3.8, 4) is 0 Å². The maximum absolute atomic E-state index is 4.77. The Balaban J connectivity index is 1.63. The van der Waals surface area contributed by atoms with E-state index in [1.807, 2.05) is 6.21 Å². The summed E-state index contributed by atoms with van der Waals surface area (Å²) in [5.74, 6) is 0. The fourth-order valence-corrected chi connectivity index (χ4v) is 4.16. The van der Waals surface area contributed by atoms with Gasteiger partial charge in [-0.05, 0) is 74.1 Å². The van der Waals surface area contributed by atoms with Crippen LogP contribution in [0.3, 0.4) is 0 Å². The number of aliphatic imine (C=N–C) groups is 1. The van der Waals surface area contributed by atoms with Crippen LogP contribution in [-0.4, -0.2) is 11.2 Å². The van der Waals surface area contributed by atoms with Crippen LogP contribution in [0.15, 0.2) is 83.9 Å². The Bertz CT molecular complexity index is 1180. The maximum Gasteiger partial charge on any atom is 0.0703 e. The lowest BCUT2D eigenvalue weighted by Crippen LogP contribution is -2.16. The van der Waals surface area contributed by atoms with E-state index in [1.54, 1.807) is 0 Å². The van der Waals surface area contributed by atoms with E-state index in [2.05, 4.69) is 117 Å². The quantitative estimate of drug-likeness (QED) is 0.300. The predicted molar refractivity (Wildman–Crippen MR) is 136 cm³/mol. The molecule has 2 N–H and O–H groups in total. The smallest absolute Gasteiger partial charge is 0.0703 e. The first kappa shape index (κ1) is 21.6. The normalized spacial score (nSPS) is 12.2. The Labute approximate surface area is 191 Å². The maximum atomic E-state index is 4.77. The summed E-state index contributed by atoms with van der Waals surface area (Å²) in [6, 6.07) is 27.7. The second-order valence-electron chi connectivity index (χ2n) is 8.52. The lowest BCUT2D eigenvalue weighted by atomic mass is 10.0. The molecule has 0 bridgehead atoms. The highest BCUT2D eigenvalue weighted by Crippen LogP contribution is 2.28. The average Bonchev–Trinajstić information content (AvgIpc) is 3.25. The van der Waals surface area contributed by atoms with E-state index in [0.717, 1.165) is 23.5 Å². The van der Waals surface area contributed by atoms with Crippen molar-refractivity contribution in [2.24, 2.45) is 4.99 Å². The van der Waals surface area contributed by atoms with Crippen molar-refractivity contribution in [3.05, 3.63) is 118 Å². The van der Waals surface area contributed by atoms with Crippen molar-refractivity contribution in [1.82, 2.24) is 4.98 Å². The molecule has 3 nitrogen and oxygen atoms in total. The molecule has 3 heteroatoms. The molecule has 1 aromatic heterocycles. The summed E-state index contributed by atoms with van der Waals surface area (Å²) in [4.78, 5) is 8.36. The lowest BCUT2D eigenvalue weighted by molar-refractivity contribution is 0.750. The Hall–Kier alpha value is -3.59. The number of aryl methyl sites for hydroxylation is 4. The van der Waals surface area contributed by atoms with Gasteiger partial charge in [0.2, 0.25) is 0 Å². The molecule has 4 rings (SSSR count). The van der Waals surface area contributed by atoms with Crippen molar-refractivity contribution in [3.63, 3.8) is 0 Å². The van der Waals surface area contributed by atoms with Crippen LogP contribution in [0.5, 0.6) is 0 Å². The molecule has 0 radical (unpaired) electrons. The Kier molecular flexibility index (Phi) is 6.55. The van der Waals surface area contributed by atoms with Crippen LogP contribution < -0.4 is 5.32 Å². The van der Waals surface area contributed by atoms with E-state index in [9.17, 15) is 0 Å². The fourth-order valence-electron chi connectivity index (χ4n) is 4.16. The van der Waals surface area contributed by atoms with E-state index in [0.29, 0.717) is 0 Å². The molecule has 0 aliphatic rings. The summed E-state index contributed by atoms with van der Waals surface area (Å²) >= 11 is 0. The van der Waals surface area contributed by atoms with Gasteiger partial charge in [0.15, 0.2) is 0 Å². The van der Waals surface area contributed by atoms with Crippen molar-refractivity contribution in [2.75, 3.05) is 5.32 Å². The highest BCUT2D eigenvalue weighted by atomic mass is 15.0. The van der Waals surface area contributed by atoms with Gasteiger partial charge in [0.25, 0.3) is 0 Å². The van der Waals surface area contributed by atoms with Crippen molar-refractivity contribution < 1.29 is 0 Å². The average molecular weight is 422 g/mol. The lowest BCUT2D eigenvalue weighted by Gasteiger charge is -2.22.